The zero-order valence-electron chi connectivity index (χ0n) is 15.2. The summed E-state index contributed by atoms with van der Waals surface area (Å²) in [5, 5.41) is 6.67. The van der Waals surface area contributed by atoms with Crippen molar-refractivity contribution in [1.29, 1.82) is 0 Å². The molecule has 0 unspecified atom stereocenters. The molecule has 3 aromatic heterocycles. The monoisotopic (exact) mass is 438 g/mol. The highest BCUT2D eigenvalue weighted by molar-refractivity contribution is 7.92. The molecule has 0 atom stereocenters. The molecule has 2 N–H and O–H groups in total. The average Bonchev–Trinajstić information content (AvgIpc) is 3.29. The molecule has 156 valence electrons. The van der Waals surface area contributed by atoms with Crippen LogP contribution in [-0.4, -0.2) is 33.0 Å². The number of anilines is 1. The Labute approximate surface area is 166 Å². The first-order valence-corrected chi connectivity index (χ1v) is 9.83. The molecule has 0 fully saturated rings. The number of aromatic amines is 1. The van der Waals surface area contributed by atoms with E-state index in [2.05, 4.69) is 19.9 Å². The van der Waals surface area contributed by atoms with Gasteiger partial charge in [0.1, 0.15) is 4.90 Å². The number of pyridine rings is 1. The number of alkyl halides is 3. The molecule has 0 aliphatic heterocycles. The molecule has 30 heavy (non-hydrogen) atoms. The molecule has 0 saturated carbocycles. The van der Waals surface area contributed by atoms with E-state index in [1.807, 2.05) is 0 Å². The minimum Gasteiger partial charge on any atom is -0.293 e. The number of sulfonamides is 1. The van der Waals surface area contributed by atoms with E-state index in [1.54, 1.807) is 6.07 Å². The van der Waals surface area contributed by atoms with Gasteiger partial charge in [0.15, 0.2) is 5.82 Å². The number of fused-ring (bicyclic) bond motifs is 1. The first kappa shape index (κ1) is 19.7. The summed E-state index contributed by atoms with van der Waals surface area (Å²) in [7, 11) is -2.58. The SMILES string of the molecule is Cn1[nH]c2c(NS(=O)(=O)c3ccc(-n4cc(C(F)(F)F)cn4)nc3)cccc2c1=O. The molecular weight excluding hydrogens is 425 g/mol. The van der Waals surface area contributed by atoms with Crippen LogP contribution in [0.5, 0.6) is 0 Å². The third-order valence-electron chi connectivity index (χ3n) is 4.30. The molecule has 13 heteroatoms. The van der Waals surface area contributed by atoms with Crippen LogP contribution in [0.25, 0.3) is 16.7 Å². The second kappa shape index (κ2) is 6.73. The predicted octanol–water partition coefficient (Wildman–Crippen LogP) is 2.27. The lowest BCUT2D eigenvalue weighted by Gasteiger charge is -2.09. The van der Waals surface area contributed by atoms with E-state index < -0.39 is 21.8 Å². The molecule has 4 rings (SSSR count). The Kier molecular flexibility index (Phi) is 4.42. The summed E-state index contributed by atoms with van der Waals surface area (Å²) in [6, 6.07) is 6.99. The first-order chi connectivity index (χ1) is 14.1. The summed E-state index contributed by atoms with van der Waals surface area (Å²) < 4.78 is 68.0. The van der Waals surface area contributed by atoms with Crippen molar-refractivity contribution in [1.82, 2.24) is 24.5 Å². The lowest BCUT2D eigenvalue weighted by Crippen LogP contribution is -2.14. The predicted molar refractivity (Wildman–Crippen MR) is 101 cm³/mol. The van der Waals surface area contributed by atoms with Crippen molar-refractivity contribution >= 4 is 26.6 Å². The van der Waals surface area contributed by atoms with Gasteiger partial charge in [-0.15, -0.1) is 0 Å². The van der Waals surface area contributed by atoms with Crippen LogP contribution in [0.15, 0.2) is 58.6 Å². The molecule has 0 aliphatic carbocycles. The van der Waals surface area contributed by atoms with Gasteiger partial charge in [-0.25, -0.2) is 18.1 Å². The molecule has 0 bridgehead atoms. The van der Waals surface area contributed by atoms with Crippen LogP contribution in [0.3, 0.4) is 0 Å². The Morgan fingerprint density at radius 1 is 1.13 bits per heavy atom. The van der Waals surface area contributed by atoms with Gasteiger partial charge >= 0.3 is 6.18 Å². The van der Waals surface area contributed by atoms with Crippen LogP contribution in [0, 0.1) is 0 Å². The van der Waals surface area contributed by atoms with Crippen LogP contribution < -0.4 is 10.3 Å². The zero-order chi connectivity index (χ0) is 21.7. The van der Waals surface area contributed by atoms with Gasteiger partial charge in [0, 0.05) is 19.4 Å². The van der Waals surface area contributed by atoms with E-state index in [1.165, 1.54) is 36.0 Å². The quantitative estimate of drug-likeness (QED) is 0.507. The van der Waals surface area contributed by atoms with Crippen LogP contribution in [0.2, 0.25) is 0 Å². The van der Waals surface area contributed by atoms with Crippen LogP contribution in [0.1, 0.15) is 5.56 Å². The highest BCUT2D eigenvalue weighted by Gasteiger charge is 2.32. The minimum atomic E-state index is -4.55. The molecule has 0 amide bonds. The summed E-state index contributed by atoms with van der Waals surface area (Å²) in [4.78, 5) is 15.7. The third kappa shape index (κ3) is 3.43. The largest absolute Gasteiger partial charge is 0.419 e. The summed E-state index contributed by atoms with van der Waals surface area (Å²) in [6.45, 7) is 0. The van der Waals surface area contributed by atoms with Crippen molar-refractivity contribution in [2.75, 3.05) is 4.72 Å². The van der Waals surface area contributed by atoms with Crippen LogP contribution in [-0.2, 0) is 23.2 Å². The number of para-hydroxylation sites is 1. The Bertz CT molecular complexity index is 1400. The Morgan fingerprint density at radius 3 is 2.53 bits per heavy atom. The second-order valence-corrected chi connectivity index (χ2v) is 8.02. The minimum absolute atomic E-state index is 0.0129. The Hall–Kier alpha value is -3.61. The van der Waals surface area contributed by atoms with Crippen molar-refractivity contribution in [2.45, 2.75) is 11.1 Å². The highest BCUT2D eigenvalue weighted by Crippen LogP contribution is 2.29. The number of nitrogens with one attached hydrogen (secondary N) is 2. The van der Waals surface area contributed by atoms with Gasteiger partial charge in [-0.05, 0) is 24.3 Å². The molecular formula is C17H13F3N6O3S. The maximum atomic E-state index is 12.7. The fraction of sp³-hybridized carbons (Fsp3) is 0.118. The van der Waals surface area contributed by atoms with Gasteiger partial charge in [-0.2, -0.15) is 18.3 Å². The van der Waals surface area contributed by atoms with E-state index in [-0.39, 0.29) is 22.0 Å². The molecule has 0 spiro atoms. The van der Waals surface area contributed by atoms with Crippen molar-refractivity contribution in [3.63, 3.8) is 0 Å². The van der Waals surface area contributed by atoms with E-state index in [9.17, 15) is 26.4 Å². The molecule has 3 heterocycles. The average molecular weight is 438 g/mol. The summed E-state index contributed by atoms with van der Waals surface area (Å²) in [5.74, 6) is 0.0129. The standard InChI is InChI=1S/C17H13F3N6O3S/c1-25-16(27)12-3-2-4-13(15(12)23-25)24-30(28,29)11-5-6-14(21-8-11)26-9-10(7-22-26)17(18,19)20/h2-9,23-24H,1H3. The summed E-state index contributed by atoms with van der Waals surface area (Å²) in [6.07, 6.45) is -2.15. The Morgan fingerprint density at radius 2 is 1.90 bits per heavy atom. The summed E-state index contributed by atoms with van der Waals surface area (Å²) in [5.41, 5.74) is -0.785. The van der Waals surface area contributed by atoms with Crippen molar-refractivity contribution < 1.29 is 21.6 Å². The molecule has 9 nitrogen and oxygen atoms in total. The van der Waals surface area contributed by atoms with E-state index >= 15 is 0 Å². The number of halogens is 3. The van der Waals surface area contributed by atoms with Gasteiger partial charge in [-0.3, -0.25) is 19.3 Å². The maximum absolute atomic E-state index is 12.7. The number of hydrogen-bond acceptors (Lipinski definition) is 5. The van der Waals surface area contributed by atoms with Gasteiger partial charge < -0.3 is 0 Å². The second-order valence-electron chi connectivity index (χ2n) is 6.33. The number of rotatable bonds is 4. The Balaban J connectivity index is 1.64. The first-order valence-electron chi connectivity index (χ1n) is 8.35. The van der Waals surface area contributed by atoms with Crippen LogP contribution >= 0.6 is 0 Å². The molecule has 0 aliphatic rings. The third-order valence-corrected chi connectivity index (χ3v) is 5.65. The topological polar surface area (TPSA) is 115 Å². The number of H-pyrrole nitrogens is 1. The fourth-order valence-electron chi connectivity index (χ4n) is 2.80. The van der Waals surface area contributed by atoms with Crippen molar-refractivity contribution in [3.8, 4) is 5.82 Å². The molecule has 4 aromatic rings. The normalized spacial score (nSPS) is 12.4. The lowest BCUT2D eigenvalue weighted by molar-refractivity contribution is -0.137. The maximum Gasteiger partial charge on any atom is 0.419 e. The molecule has 0 radical (unpaired) electrons. The number of aromatic nitrogens is 5. The van der Waals surface area contributed by atoms with E-state index in [0.717, 1.165) is 17.1 Å². The number of benzene rings is 1. The smallest absolute Gasteiger partial charge is 0.293 e. The van der Waals surface area contributed by atoms with Gasteiger partial charge in [-0.1, -0.05) is 6.07 Å². The van der Waals surface area contributed by atoms with Gasteiger partial charge in [0.2, 0.25) is 0 Å². The van der Waals surface area contributed by atoms with Crippen molar-refractivity contribution in [2.24, 2.45) is 7.05 Å². The lowest BCUT2D eigenvalue weighted by atomic mass is 10.2. The van der Waals surface area contributed by atoms with E-state index in [0.29, 0.717) is 17.1 Å². The van der Waals surface area contributed by atoms with Crippen molar-refractivity contribution in [3.05, 3.63) is 64.8 Å². The molecule has 0 saturated heterocycles. The van der Waals surface area contributed by atoms with E-state index in [4.69, 9.17) is 0 Å². The zero-order valence-corrected chi connectivity index (χ0v) is 16.0. The number of hydrogen-bond donors (Lipinski definition) is 2. The highest BCUT2D eigenvalue weighted by atomic mass is 32.2. The fourth-order valence-corrected chi connectivity index (χ4v) is 3.82. The van der Waals surface area contributed by atoms with Gasteiger partial charge in [0.25, 0.3) is 15.6 Å². The summed E-state index contributed by atoms with van der Waals surface area (Å²) >= 11 is 0. The van der Waals surface area contributed by atoms with Gasteiger partial charge in [0.05, 0.1) is 28.4 Å². The van der Waals surface area contributed by atoms with Crippen LogP contribution in [0.4, 0.5) is 18.9 Å². The number of aryl methyl sites for hydroxylation is 1. The number of nitrogens with zero attached hydrogens (tertiary/aromatic N) is 4. The molecule has 1 aromatic carbocycles.